The fourth-order valence-corrected chi connectivity index (χ4v) is 2.22. The van der Waals surface area contributed by atoms with Gasteiger partial charge in [0.1, 0.15) is 0 Å². The number of rotatable bonds is 3. The molecule has 0 aromatic carbocycles. The van der Waals surface area contributed by atoms with Crippen LogP contribution in [0.2, 0.25) is 0 Å². The van der Waals surface area contributed by atoms with Crippen molar-refractivity contribution in [2.24, 2.45) is 0 Å². The molecule has 1 fully saturated rings. The molecule has 2 heterocycles. The lowest BCUT2D eigenvalue weighted by atomic mass is 10.4. The second-order valence-electron chi connectivity index (χ2n) is 3.83. The van der Waals surface area contributed by atoms with Gasteiger partial charge in [0.25, 0.3) is 0 Å². The highest BCUT2D eigenvalue weighted by Gasteiger charge is 2.38. The van der Waals surface area contributed by atoms with Crippen LogP contribution in [-0.2, 0) is 17.5 Å². The maximum atomic E-state index is 12.7. The number of oxazole rings is 1. The monoisotopic (exact) mass is 282 g/mol. The molecule has 1 aromatic rings. The number of hydrogen-bond acceptors (Lipinski definition) is 5. The van der Waals surface area contributed by atoms with E-state index < -0.39 is 11.9 Å². The van der Waals surface area contributed by atoms with E-state index in [4.69, 9.17) is 9.15 Å². The Morgan fingerprint density at radius 2 is 2.00 bits per heavy atom. The summed E-state index contributed by atoms with van der Waals surface area (Å²) in [5.41, 5.74) is -0.932. The predicted molar refractivity (Wildman–Crippen MR) is 59.4 cm³/mol. The standard InChI is InChI=1S/C10H13F3N2O2S/c1-18-9-8(10(11,12)13)14-7(17-9)6-15-2-4-16-5-3-15/h2-6H2,1H3. The van der Waals surface area contributed by atoms with Crippen molar-refractivity contribution >= 4 is 11.8 Å². The molecule has 1 aromatic heterocycles. The summed E-state index contributed by atoms with van der Waals surface area (Å²) < 4.78 is 48.3. The Morgan fingerprint density at radius 1 is 1.33 bits per heavy atom. The lowest BCUT2D eigenvalue weighted by Gasteiger charge is -2.24. The summed E-state index contributed by atoms with van der Waals surface area (Å²) in [6, 6.07) is 0. The van der Waals surface area contributed by atoms with Crippen LogP contribution in [0.4, 0.5) is 13.2 Å². The molecule has 4 nitrogen and oxygen atoms in total. The van der Waals surface area contributed by atoms with Crippen LogP contribution < -0.4 is 0 Å². The van der Waals surface area contributed by atoms with E-state index in [1.807, 2.05) is 4.90 Å². The zero-order chi connectivity index (χ0) is 13.2. The summed E-state index contributed by atoms with van der Waals surface area (Å²) in [5.74, 6) is 0.105. The summed E-state index contributed by atoms with van der Waals surface area (Å²) >= 11 is 0.913. The minimum Gasteiger partial charge on any atom is -0.432 e. The molecule has 0 saturated carbocycles. The lowest BCUT2D eigenvalue weighted by Crippen LogP contribution is -2.35. The Balaban J connectivity index is 2.11. The van der Waals surface area contributed by atoms with Crippen molar-refractivity contribution in [3.63, 3.8) is 0 Å². The van der Waals surface area contributed by atoms with E-state index in [-0.39, 0.29) is 17.5 Å². The van der Waals surface area contributed by atoms with Crippen molar-refractivity contribution in [3.05, 3.63) is 11.6 Å². The third kappa shape index (κ3) is 3.18. The first-order chi connectivity index (χ1) is 8.50. The number of hydrogen-bond donors (Lipinski definition) is 0. The minimum atomic E-state index is -4.47. The van der Waals surface area contributed by atoms with Gasteiger partial charge in [0.15, 0.2) is 10.8 Å². The molecule has 1 aliphatic heterocycles. The van der Waals surface area contributed by atoms with Gasteiger partial charge in [-0.15, -0.1) is 0 Å². The van der Waals surface area contributed by atoms with Crippen molar-refractivity contribution in [2.45, 2.75) is 17.8 Å². The van der Waals surface area contributed by atoms with E-state index >= 15 is 0 Å². The van der Waals surface area contributed by atoms with Gasteiger partial charge in [0.2, 0.25) is 5.89 Å². The summed E-state index contributed by atoms with van der Waals surface area (Å²) in [6.07, 6.45) is -2.93. The second kappa shape index (κ2) is 5.50. The van der Waals surface area contributed by atoms with E-state index in [2.05, 4.69) is 4.98 Å². The molecule has 1 aliphatic rings. The molecule has 0 N–H and O–H groups in total. The van der Waals surface area contributed by atoms with Crippen LogP contribution in [0, 0.1) is 0 Å². The van der Waals surface area contributed by atoms with Crippen LogP contribution in [0.25, 0.3) is 0 Å². The third-order valence-electron chi connectivity index (χ3n) is 2.56. The van der Waals surface area contributed by atoms with E-state index in [0.717, 1.165) is 11.8 Å². The zero-order valence-corrected chi connectivity index (χ0v) is 10.6. The molecule has 18 heavy (non-hydrogen) atoms. The van der Waals surface area contributed by atoms with Gasteiger partial charge >= 0.3 is 6.18 Å². The quantitative estimate of drug-likeness (QED) is 0.795. The van der Waals surface area contributed by atoms with E-state index in [1.165, 1.54) is 6.26 Å². The van der Waals surface area contributed by atoms with Crippen LogP contribution >= 0.6 is 11.8 Å². The second-order valence-corrected chi connectivity index (χ2v) is 4.61. The van der Waals surface area contributed by atoms with E-state index in [1.54, 1.807) is 0 Å². The number of halogens is 3. The molecule has 0 bridgehead atoms. The summed E-state index contributed by atoms with van der Waals surface area (Å²) in [4.78, 5) is 5.51. The van der Waals surface area contributed by atoms with Crippen molar-refractivity contribution in [1.82, 2.24) is 9.88 Å². The third-order valence-corrected chi connectivity index (χ3v) is 3.20. The number of morpholine rings is 1. The molecule has 0 unspecified atom stereocenters. The Morgan fingerprint density at radius 3 is 2.50 bits per heavy atom. The molecule has 0 radical (unpaired) electrons. The van der Waals surface area contributed by atoms with E-state index in [9.17, 15) is 13.2 Å². The normalized spacial score (nSPS) is 18.2. The van der Waals surface area contributed by atoms with Gasteiger partial charge in [-0.1, -0.05) is 11.8 Å². The maximum absolute atomic E-state index is 12.7. The summed E-state index contributed by atoms with van der Waals surface area (Å²) in [7, 11) is 0. The molecular formula is C10H13F3N2O2S. The maximum Gasteiger partial charge on any atom is 0.437 e. The Kier molecular flexibility index (Phi) is 4.18. The van der Waals surface area contributed by atoms with Gasteiger partial charge in [-0.3, -0.25) is 4.90 Å². The van der Waals surface area contributed by atoms with Crippen molar-refractivity contribution < 1.29 is 22.3 Å². The molecule has 0 amide bonds. The van der Waals surface area contributed by atoms with Gasteiger partial charge in [0, 0.05) is 13.1 Å². The number of ether oxygens (including phenoxy) is 1. The van der Waals surface area contributed by atoms with Crippen LogP contribution in [0.1, 0.15) is 11.6 Å². The average molecular weight is 282 g/mol. The van der Waals surface area contributed by atoms with Gasteiger partial charge < -0.3 is 9.15 Å². The minimum absolute atomic E-state index is 0.105. The smallest absolute Gasteiger partial charge is 0.432 e. The fourth-order valence-electron chi connectivity index (χ4n) is 1.68. The van der Waals surface area contributed by atoms with Gasteiger partial charge in [-0.05, 0) is 6.26 Å². The largest absolute Gasteiger partial charge is 0.437 e. The highest BCUT2D eigenvalue weighted by molar-refractivity contribution is 7.98. The van der Waals surface area contributed by atoms with Crippen LogP contribution in [0.5, 0.6) is 0 Å². The Hall–Kier alpha value is -0.730. The van der Waals surface area contributed by atoms with Crippen LogP contribution in [0.3, 0.4) is 0 Å². The van der Waals surface area contributed by atoms with Crippen LogP contribution in [0.15, 0.2) is 9.51 Å². The number of nitrogens with zero attached hydrogens (tertiary/aromatic N) is 2. The van der Waals surface area contributed by atoms with Gasteiger partial charge in [-0.2, -0.15) is 13.2 Å². The number of alkyl halides is 3. The molecule has 0 spiro atoms. The molecule has 0 aliphatic carbocycles. The average Bonchev–Trinajstić information content (AvgIpc) is 2.73. The van der Waals surface area contributed by atoms with Crippen molar-refractivity contribution in [2.75, 3.05) is 32.6 Å². The van der Waals surface area contributed by atoms with Gasteiger partial charge in [-0.25, -0.2) is 4.98 Å². The Bertz CT molecular complexity index is 402. The fraction of sp³-hybridized carbons (Fsp3) is 0.700. The number of thioether (sulfide) groups is 1. The lowest BCUT2D eigenvalue weighted by molar-refractivity contribution is -0.144. The first-order valence-electron chi connectivity index (χ1n) is 5.41. The molecule has 8 heteroatoms. The van der Waals surface area contributed by atoms with Gasteiger partial charge in [0.05, 0.1) is 19.8 Å². The first-order valence-corrected chi connectivity index (χ1v) is 6.64. The summed E-state index contributed by atoms with van der Waals surface area (Å²) in [5, 5.41) is -0.175. The molecule has 2 rings (SSSR count). The highest BCUT2D eigenvalue weighted by atomic mass is 32.2. The number of aromatic nitrogens is 1. The Labute approximate surface area is 106 Å². The zero-order valence-electron chi connectivity index (χ0n) is 9.79. The first kappa shape index (κ1) is 13.7. The highest BCUT2D eigenvalue weighted by Crippen LogP contribution is 2.36. The topological polar surface area (TPSA) is 38.5 Å². The molecule has 102 valence electrons. The molecule has 0 atom stereocenters. The summed E-state index contributed by atoms with van der Waals surface area (Å²) in [6.45, 7) is 2.81. The van der Waals surface area contributed by atoms with Crippen molar-refractivity contribution in [3.8, 4) is 0 Å². The van der Waals surface area contributed by atoms with Crippen LogP contribution in [-0.4, -0.2) is 42.4 Å². The van der Waals surface area contributed by atoms with Crippen molar-refractivity contribution in [1.29, 1.82) is 0 Å². The predicted octanol–water partition coefficient (Wildman–Crippen LogP) is 2.25. The SMILES string of the molecule is CSc1oc(CN2CCOCC2)nc1C(F)(F)F. The molecular weight excluding hydrogens is 269 g/mol. The van der Waals surface area contributed by atoms with E-state index in [0.29, 0.717) is 26.3 Å². The molecule has 1 saturated heterocycles.